The largest absolute Gasteiger partial charge is 0.481 e. The summed E-state index contributed by atoms with van der Waals surface area (Å²) in [6.45, 7) is 0. The van der Waals surface area contributed by atoms with Gasteiger partial charge in [-0.1, -0.05) is 25.7 Å². The molecule has 5 nitrogen and oxygen atoms in total. The van der Waals surface area contributed by atoms with E-state index in [9.17, 15) is 9.90 Å². The second-order valence-electron chi connectivity index (χ2n) is 6.55. The maximum Gasteiger partial charge on any atom is 0.303 e. The van der Waals surface area contributed by atoms with Gasteiger partial charge in [-0.2, -0.15) is 0 Å². The molecule has 1 N–H and O–H groups in total. The lowest BCUT2D eigenvalue weighted by Gasteiger charge is -2.27. The number of nitrogens with zero attached hydrogens (tertiary/aromatic N) is 3. The molecule has 0 amide bonds. The van der Waals surface area contributed by atoms with Crippen molar-refractivity contribution in [2.75, 3.05) is 0 Å². The summed E-state index contributed by atoms with van der Waals surface area (Å²) in [6, 6.07) is 0.531. The summed E-state index contributed by atoms with van der Waals surface area (Å²) in [4.78, 5) is 11.2. The highest BCUT2D eigenvalue weighted by Crippen LogP contribution is 2.44. The molecule has 20 heavy (non-hydrogen) atoms. The van der Waals surface area contributed by atoms with Crippen molar-refractivity contribution < 1.29 is 9.90 Å². The van der Waals surface area contributed by atoms with Gasteiger partial charge >= 0.3 is 5.97 Å². The average Bonchev–Trinajstić information content (AvgIpc) is 3.09. The molecule has 0 radical (unpaired) electrons. The van der Waals surface area contributed by atoms with Crippen LogP contribution in [0.2, 0.25) is 0 Å². The predicted octanol–water partition coefficient (Wildman–Crippen LogP) is 2.97. The van der Waals surface area contributed by atoms with Crippen LogP contribution >= 0.6 is 0 Å². The number of carboxylic acid groups (broad SMARTS) is 1. The SMILES string of the molecule is O=C(O)CC1(Cc2nncn2C2CCCC2)CCCC1. The first-order valence-corrected chi connectivity index (χ1v) is 7.79. The van der Waals surface area contributed by atoms with Crippen LogP contribution in [0.15, 0.2) is 6.33 Å². The first-order valence-electron chi connectivity index (χ1n) is 7.79. The van der Waals surface area contributed by atoms with E-state index < -0.39 is 5.97 Å². The van der Waals surface area contributed by atoms with E-state index in [2.05, 4.69) is 14.8 Å². The van der Waals surface area contributed by atoms with Gasteiger partial charge in [0.25, 0.3) is 0 Å². The van der Waals surface area contributed by atoms with Crippen LogP contribution in [-0.4, -0.2) is 25.8 Å². The van der Waals surface area contributed by atoms with Crippen LogP contribution in [0.3, 0.4) is 0 Å². The van der Waals surface area contributed by atoms with Crippen molar-refractivity contribution in [2.45, 2.75) is 70.3 Å². The van der Waals surface area contributed by atoms with Gasteiger partial charge in [-0.05, 0) is 31.1 Å². The molecule has 2 fully saturated rings. The first kappa shape index (κ1) is 13.6. The normalized spacial score (nSPS) is 22.4. The molecule has 2 aliphatic carbocycles. The van der Waals surface area contributed by atoms with Gasteiger partial charge in [0.15, 0.2) is 0 Å². The summed E-state index contributed by atoms with van der Waals surface area (Å²) >= 11 is 0. The van der Waals surface area contributed by atoms with Gasteiger partial charge in [-0.15, -0.1) is 10.2 Å². The minimum Gasteiger partial charge on any atom is -0.481 e. The first-order chi connectivity index (χ1) is 9.69. The van der Waals surface area contributed by atoms with Crippen molar-refractivity contribution in [3.05, 3.63) is 12.2 Å². The van der Waals surface area contributed by atoms with E-state index >= 15 is 0 Å². The van der Waals surface area contributed by atoms with E-state index in [0.29, 0.717) is 6.04 Å². The molecule has 110 valence electrons. The third kappa shape index (κ3) is 2.72. The highest BCUT2D eigenvalue weighted by Gasteiger charge is 2.38. The highest BCUT2D eigenvalue weighted by molar-refractivity contribution is 5.67. The molecule has 0 bridgehead atoms. The Labute approximate surface area is 119 Å². The molecule has 5 heteroatoms. The van der Waals surface area contributed by atoms with Crippen molar-refractivity contribution in [1.29, 1.82) is 0 Å². The molecule has 2 aliphatic rings. The maximum absolute atomic E-state index is 11.2. The number of aliphatic carboxylic acids is 1. The molecule has 2 saturated carbocycles. The fourth-order valence-corrected chi connectivity index (χ4v) is 4.08. The summed E-state index contributed by atoms with van der Waals surface area (Å²) in [5, 5.41) is 17.6. The second kappa shape index (κ2) is 5.54. The Hall–Kier alpha value is -1.39. The Morgan fingerprint density at radius 2 is 2.00 bits per heavy atom. The van der Waals surface area contributed by atoms with Gasteiger partial charge < -0.3 is 9.67 Å². The van der Waals surface area contributed by atoms with Gasteiger partial charge in [0.2, 0.25) is 0 Å². The van der Waals surface area contributed by atoms with Crippen molar-refractivity contribution in [2.24, 2.45) is 5.41 Å². The van der Waals surface area contributed by atoms with Gasteiger partial charge in [0.05, 0.1) is 6.42 Å². The smallest absolute Gasteiger partial charge is 0.303 e. The zero-order chi connectivity index (χ0) is 14.0. The quantitative estimate of drug-likeness (QED) is 0.898. The molecule has 0 spiro atoms. The topological polar surface area (TPSA) is 68.0 Å². The lowest BCUT2D eigenvalue weighted by Crippen LogP contribution is -2.26. The molecule has 0 aromatic carbocycles. The van der Waals surface area contributed by atoms with Crippen molar-refractivity contribution >= 4 is 5.97 Å². The summed E-state index contributed by atoms with van der Waals surface area (Å²) in [5.41, 5.74) is -0.0881. The van der Waals surface area contributed by atoms with Crippen molar-refractivity contribution in [1.82, 2.24) is 14.8 Å². The average molecular weight is 277 g/mol. The summed E-state index contributed by atoms with van der Waals surface area (Å²) < 4.78 is 2.22. The molecule has 0 saturated heterocycles. The zero-order valence-electron chi connectivity index (χ0n) is 11.9. The molecule has 1 aromatic rings. The minimum atomic E-state index is -0.682. The van der Waals surface area contributed by atoms with Gasteiger partial charge in [0.1, 0.15) is 12.2 Å². The Bertz CT molecular complexity index is 471. The lowest BCUT2D eigenvalue weighted by molar-refractivity contribution is -0.139. The standard InChI is InChI=1S/C15H23N3O2/c19-14(20)10-15(7-3-4-8-15)9-13-17-16-11-18(13)12-5-1-2-6-12/h11-12H,1-10H2,(H,19,20). The van der Waals surface area contributed by atoms with Gasteiger partial charge in [0, 0.05) is 12.5 Å². The monoisotopic (exact) mass is 277 g/mol. The fraction of sp³-hybridized carbons (Fsp3) is 0.800. The molecule has 1 heterocycles. The third-order valence-electron chi connectivity index (χ3n) is 5.09. The van der Waals surface area contributed by atoms with Gasteiger partial charge in [-0.3, -0.25) is 4.79 Å². The molecule has 3 rings (SSSR count). The summed E-state index contributed by atoms with van der Waals surface area (Å²) in [5.74, 6) is 0.318. The third-order valence-corrected chi connectivity index (χ3v) is 5.09. The summed E-state index contributed by atoms with van der Waals surface area (Å²) in [6.07, 6.45) is 12.2. The van der Waals surface area contributed by atoms with Crippen molar-refractivity contribution in [3.63, 3.8) is 0 Å². The molecular formula is C15H23N3O2. The number of aromatic nitrogens is 3. The molecule has 0 aliphatic heterocycles. The number of hydrogen-bond donors (Lipinski definition) is 1. The van der Waals surface area contributed by atoms with Crippen LogP contribution in [0.4, 0.5) is 0 Å². The van der Waals surface area contributed by atoms with E-state index in [-0.39, 0.29) is 11.8 Å². The Kier molecular flexibility index (Phi) is 3.76. The van der Waals surface area contributed by atoms with Crippen LogP contribution in [0, 0.1) is 5.41 Å². The number of carbonyl (C=O) groups is 1. The Morgan fingerprint density at radius 1 is 1.30 bits per heavy atom. The van der Waals surface area contributed by atoms with Crippen molar-refractivity contribution in [3.8, 4) is 0 Å². The van der Waals surface area contributed by atoms with E-state index in [1.165, 1.54) is 25.7 Å². The van der Waals surface area contributed by atoms with E-state index in [1.807, 2.05) is 6.33 Å². The van der Waals surface area contributed by atoms with Crippen LogP contribution in [0.25, 0.3) is 0 Å². The number of rotatable bonds is 5. The number of carboxylic acids is 1. The van der Waals surface area contributed by atoms with Crippen LogP contribution in [0.5, 0.6) is 0 Å². The molecular weight excluding hydrogens is 254 g/mol. The molecule has 0 unspecified atom stereocenters. The highest BCUT2D eigenvalue weighted by atomic mass is 16.4. The lowest BCUT2D eigenvalue weighted by atomic mass is 9.79. The zero-order valence-corrected chi connectivity index (χ0v) is 11.9. The fourth-order valence-electron chi connectivity index (χ4n) is 4.08. The van der Waals surface area contributed by atoms with E-state index in [1.54, 1.807) is 0 Å². The number of hydrogen-bond acceptors (Lipinski definition) is 3. The maximum atomic E-state index is 11.2. The van der Waals surface area contributed by atoms with Crippen LogP contribution in [-0.2, 0) is 11.2 Å². The van der Waals surface area contributed by atoms with Crippen LogP contribution in [0.1, 0.15) is 69.7 Å². The molecule has 0 atom stereocenters. The Morgan fingerprint density at radius 3 is 2.65 bits per heavy atom. The minimum absolute atomic E-state index is 0.0881. The van der Waals surface area contributed by atoms with Crippen LogP contribution < -0.4 is 0 Å². The second-order valence-corrected chi connectivity index (χ2v) is 6.55. The van der Waals surface area contributed by atoms with E-state index in [0.717, 1.165) is 37.9 Å². The summed E-state index contributed by atoms with van der Waals surface area (Å²) in [7, 11) is 0. The van der Waals surface area contributed by atoms with E-state index in [4.69, 9.17) is 0 Å². The molecule has 1 aromatic heterocycles. The van der Waals surface area contributed by atoms with Gasteiger partial charge in [-0.25, -0.2) is 0 Å². The Balaban J connectivity index is 1.78. The predicted molar refractivity (Wildman–Crippen MR) is 74.4 cm³/mol.